The molecule has 1 aliphatic heterocycles. The highest BCUT2D eigenvalue weighted by atomic mass is 16.5. The zero-order valence-corrected chi connectivity index (χ0v) is 26.0. The lowest BCUT2D eigenvalue weighted by molar-refractivity contribution is -0.144. The second-order valence-corrected chi connectivity index (χ2v) is 11.6. The third-order valence-corrected chi connectivity index (χ3v) is 7.70. The Hall–Kier alpha value is -3.03. The highest BCUT2D eigenvalue weighted by Gasteiger charge is 2.30. The van der Waals surface area contributed by atoms with Gasteiger partial charge in [-0.2, -0.15) is 0 Å². The molecule has 0 saturated heterocycles. The van der Waals surface area contributed by atoms with Gasteiger partial charge in [0.05, 0.1) is 18.6 Å². The van der Waals surface area contributed by atoms with Gasteiger partial charge in [-0.3, -0.25) is 4.79 Å². The van der Waals surface area contributed by atoms with Crippen LogP contribution in [-0.4, -0.2) is 51.9 Å². The van der Waals surface area contributed by atoms with Gasteiger partial charge in [0.1, 0.15) is 11.9 Å². The number of carbonyl (C=O) groups is 3. The van der Waals surface area contributed by atoms with E-state index in [2.05, 4.69) is 26.8 Å². The molecule has 0 aromatic heterocycles. The summed E-state index contributed by atoms with van der Waals surface area (Å²) in [4.78, 5) is 35.6. The predicted molar refractivity (Wildman–Crippen MR) is 163 cm³/mol. The summed E-state index contributed by atoms with van der Waals surface area (Å²) in [5.41, 5.74) is 3.92. The number of esters is 1. The zero-order chi connectivity index (χ0) is 31.3. The molecule has 41 heavy (non-hydrogen) atoms. The molecule has 7 atom stereocenters. The number of hydrogen-bond acceptors (Lipinski definition) is 6. The molecule has 1 aliphatic rings. The maximum atomic E-state index is 13.0. The van der Waals surface area contributed by atoms with Crippen LogP contribution in [0.3, 0.4) is 0 Å². The van der Waals surface area contributed by atoms with Crippen LogP contribution in [0.2, 0.25) is 0 Å². The Labute approximate surface area is 246 Å². The topological polar surface area (TPSA) is 121 Å². The molecule has 0 fully saturated rings. The fraction of sp³-hybridized carbons (Fsp3) is 0.559. The molecule has 0 radical (unpaired) electrons. The molecule has 1 rings (SSSR count). The molecule has 0 unspecified atom stereocenters. The average Bonchev–Trinajstić information content (AvgIpc) is 2.89. The number of aliphatic hydroxyl groups excluding tert-OH is 2. The fourth-order valence-corrected chi connectivity index (χ4v) is 5.06. The summed E-state index contributed by atoms with van der Waals surface area (Å²) in [6, 6.07) is 0. The number of ether oxygens (including phenoxy) is 1. The number of aliphatic hydroxyl groups is 2. The number of allylic oxidation sites excluding steroid dienone is 7. The molecule has 0 aliphatic carbocycles. The van der Waals surface area contributed by atoms with E-state index in [1.165, 1.54) is 0 Å². The molecule has 0 spiro atoms. The van der Waals surface area contributed by atoms with E-state index in [0.29, 0.717) is 12.0 Å². The van der Waals surface area contributed by atoms with Gasteiger partial charge in [0.2, 0.25) is 0 Å². The Morgan fingerprint density at radius 3 is 2.37 bits per heavy atom. The Bertz CT molecular complexity index is 1090. The van der Waals surface area contributed by atoms with Crippen LogP contribution in [0, 0.1) is 29.6 Å². The predicted octanol–water partition coefficient (Wildman–Crippen LogP) is 6.15. The smallest absolute Gasteiger partial charge is 0.331 e. The molecule has 0 aromatic carbocycles. The lowest BCUT2D eigenvalue weighted by Crippen LogP contribution is -2.35. The van der Waals surface area contributed by atoms with Crippen molar-refractivity contribution in [2.75, 3.05) is 6.61 Å². The first-order chi connectivity index (χ1) is 19.2. The average molecular weight is 571 g/mol. The van der Waals surface area contributed by atoms with Gasteiger partial charge in [0.25, 0.3) is 0 Å². The normalized spacial score (nSPS) is 22.7. The van der Waals surface area contributed by atoms with Gasteiger partial charge >= 0.3 is 11.9 Å². The van der Waals surface area contributed by atoms with Crippen molar-refractivity contribution in [3.63, 3.8) is 0 Å². The van der Waals surface area contributed by atoms with E-state index in [4.69, 9.17) is 9.84 Å². The van der Waals surface area contributed by atoms with E-state index in [0.717, 1.165) is 35.6 Å². The summed E-state index contributed by atoms with van der Waals surface area (Å²) in [5.74, 6) is -2.95. The number of carboxylic acid groups (broad SMARTS) is 1. The molecule has 0 bridgehead atoms. The largest absolute Gasteiger partial charge is 0.478 e. The van der Waals surface area contributed by atoms with Gasteiger partial charge in [0.15, 0.2) is 0 Å². The number of rotatable bonds is 16. The minimum atomic E-state index is -1.04. The van der Waals surface area contributed by atoms with E-state index in [1.807, 2.05) is 32.1 Å². The van der Waals surface area contributed by atoms with Gasteiger partial charge in [-0.1, -0.05) is 87.3 Å². The van der Waals surface area contributed by atoms with E-state index in [1.54, 1.807) is 39.0 Å². The summed E-state index contributed by atoms with van der Waals surface area (Å²) in [5, 5.41) is 29.4. The summed E-state index contributed by atoms with van der Waals surface area (Å²) in [6.45, 7) is 15.0. The second-order valence-electron chi connectivity index (χ2n) is 11.6. The van der Waals surface area contributed by atoms with Crippen LogP contribution < -0.4 is 0 Å². The van der Waals surface area contributed by atoms with Gasteiger partial charge in [-0.15, -0.1) is 0 Å². The van der Waals surface area contributed by atoms with Gasteiger partial charge in [-0.25, -0.2) is 9.59 Å². The number of Topliss-reactive ketones (excluding diaryl/α,β-unsaturated/α-hetero) is 1. The van der Waals surface area contributed by atoms with E-state index in [9.17, 15) is 24.6 Å². The first-order valence-electron chi connectivity index (χ1n) is 14.5. The molecule has 228 valence electrons. The summed E-state index contributed by atoms with van der Waals surface area (Å²) in [6.07, 6.45) is 15.1. The minimum Gasteiger partial charge on any atom is -0.478 e. The molecule has 7 nitrogen and oxygen atoms in total. The maximum Gasteiger partial charge on any atom is 0.331 e. The van der Waals surface area contributed by atoms with Crippen LogP contribution in [0.4, 0.5) is 0 Å². The van der Waals surface area contributed by atoms with Crippen molar-refractivity contribution in [1.29, 1.82) is 0 Å². The number of cyclic esters (lactones) is 1. The first-order valence-corrected chi connectivity index (χ1v) is 14.5. The minimum absolute atomic E-state index is 0.144. The molecule has 0 saturated carbocycles. The van der Waals surface area contributed by atoms with Gasteiger partial charge in [-0.05, 0) is 57.9 Å². The van der Waals surface area contributed by atoms with Crippen molar-refractivity contribution in [2.24, 2.45) is 29.6 Å². The van der Waals surface area contributed by atoms with Crippen LogP contribution in [0.5, 0.6) is 0 Å². The number of aliphatic carboxylic acids is 1. The van der Waals surface area contributed by atoms with Crippen molar-refractivity contribution in [2.45, 2.75) is 86.9 Å². The Morgan fingerprint density at radius 2 is 1.78 bits per heavy atom. The quantitative estimate of drug-likeness (QED) is 0.116. The Morgan fingerprint density at radius 1 is 1.12 bits per heavy atom. The first kappa shape index (κ1) is 36.0. The molecule has 3 N–H and O–H groups in total. The zero-order valence-electron chi connectivity index (χ0n) is 26.0. The number of carbonyl (C=O) groups excluding carboxylic acids is 2. The molecule has 0 aromatic rings. The molecular formula is C34H50O7. The third-order valence-electron chi connectivity index (χ3n) is 7.70. The number of carboxylic acids is 1. The molecular weight excluding hydrogens is 520 g/mol. The maximum absolute atomic E-state index is 13.0. The Kier molecular flexibility index (Phi) is 15.5. The summed E-state index contributed by atoms with van der Waals surface area (Å²) < 4.78 is 5.47. The monoisotopic (exact) mass is 570 g/mol. The van der Waals surface area contributed by atoms with Crippen molar-refractivity contribution >= 4 is 17.7 Å². The number of hydrogen-bond donors (Lipinski definition) is 3. The molecule has 0 amide bonds. The molecule has 1 heterocycles. The van der Waals surface area contributed by atoms with E-state index >= 15 is 0 Å². The van der Waals surface area contributed by atoms with Crippen molar-refractivity contribution in [3.8, 4) is 0 Å². The highest BCUT2D eigenvalue weighted by molar-refractivity contribution is 5.85. The second kappa shape index (κ2) is 17.7. The third kappa shape index (κ3) is 12.6. The lowest BCUT2D eigenvalue weighted by Gasteiger charge is -2.26. The highest BCUT2D eigenvalue weighted by Crippen LogP contribution is 2.25. The van der Waals surface area contributed by atoms with Crippen molar-refractivity contribution in [3.05, 3.63) is 70.9 Å². The van der Waals surface area contributed by atoms with Crippen molar-refractivity contribution in [1.82, 2.24) is 0 Å². The standard InChI is InChI=1S/C34H50O7/c1-9-28(13-14-30-26(7)24(5)19-32(38)41-30)17-22(3)15-21(2)11-10-12-29(20-35)34(40)27(8)33(39)25(6)16-23(4)18-31(36)37/h10-14,17-19,22,25-27,29-30,33,35,39H,9,15-16,20H2,1-8H3,(H,36,37)/b12-10?,14-13+,21-11+,23-18+,28-17+/t22-,25+,26+,27+,29+,30+,33-/m1/s1. The fourth-order valence-electron chi connectivity index (χ4n) is 5.06. The Balaban J connectivity index is 2.78. The number of ketones is 1. The van der Waals surface area contributed by atoms with Crippen LogP contribution >= 0.6 is 0 Å². The SMILES string of the molecule is CCC(/C=C/[C@@H]1OC(=O)C=C(C)[C@@H]1C)=C\[C@H](C)C/C(C)=C/C=C[C@@H](CO)C(=O)[C@@H](C)[C@H](O)[C@@H](C)C/C(C)=C/C(=O)O. The van der Waals surface area contributed by atoms with Crippen LogP contribution in [0.15, 0.2) is 70.9 Å². The van der Waals surface area contributed by atoms with E-state index in [-0.39, 0.29) is 42.2 Å². The summed E-state index contributed by atoms with van der Waals surface area (Å²) >= 11 is 0. The van der Waals surface area contributed by atoms with E-state index < -0.39 is 23.9 Å². The van der Waals surface area contributed by atoms with Crippen LogP contribution in [0.25, 0.3) is 0 Å². The van der Waals surface area contributed by atoms with Crippen LogP contribution in [0.1, 0.15) is 74.7 Å². The lowest BCUT2D eigenvalue weighted by atomic mass is 9.83. The van der Waals surface area contributed by atoms with Gasteiger partial charge < -0.3 is 20.1 Å². The van der Waals surface area contributed by atoms with Crippen molar-refractivity contribution < 1.29 is 34.4 Å². The van der Waals surface area contributed by atoms with Gasteiger partial charge in [0, 0.05) is 24.0 Å². The van der Waals surface area contributed by atoms with Crippen LogP contribution in [-0.2, 0) is 19.1 Å². The summed E-state index contributed by atoms with van der Waals surface area (Å²) in [7, 11) is 0. The molecule has 7 heteroatoms.